The van der Waals surface area contributed by atoms with Crippen molar-refractivity contribution >= 4 is 17.6 Å². The average Bonchev–Trinajstić information content (AvgIpc) is 2.96. The summed E-state index contributed by atoms with van der Waals surface area (Å²) in [4.78, 5) is 28.3. The highest BCUT2D eigenvalue weighted by molar-refractivity contribution is 6.04. The van der Waals surface area contributed by atoms with E-state index in [-0.39, 0.29) is 12.8 Å². The maximum atomic E-state index is 13.2. The van der Waals surface area contributed by atoms with E-state index in [2.05, 4.69) is 10.5 Å². The molecule has 0 spiro atoms. The molecule has 0 fully saturated rings. The fourth-order valence-corrected chi connectivity index (χ4v) is 2.33. The van der Waals surface area contributed by atoms with E-state index in [0.717, 1.165) is 0 Å². The Morgan fingerprint density at radius 3 is 2.87 bits per heavy atom. The molecule has 23 heavy (non-hydrogen) atoms. The third-order valence-corrected chi connectivity index (χ3v) is 3.87. The maximum Gasteiger partial charge on any atom is 0.305 e. The molecular formula is C16H19FN2O4. The maximum absolute atomic E-state index is 13.2. The van der Waals surface area contributed by atoms with E-state index in [1.165, 1.54) is 12.1 Å². The van der Waals surface area contributed by atoms with E-state index < -0.39 is 29.3 Å². The first-order valence-corrected chi connectivity index (χ1v) is 7.35. The van der Waals surface area contributed by atoms with Crippen LogP contribution in [-0.4, -0.2) is 34.3 Å². The van der Waals surface area contributed by atoms with Gasteiger partial charge in [-0.15, -0.1) is 0 Å². The van der Waals surface area contributed by atoms with Crippen molar-refractivity contribution in [2.24, 2.45) is 5.16 Å². The first kappa shape index (κ1) is 16.9. The number of carboxylic acids is 1. The monoisotopic (exact) mass is 322 g/mol. The number of carbonyl (C=O) groups excluding carboxylic acids is 1. The van der Waals surface area contributed by atoms with Gasteiger partial charge < -0.3 is 15.3 Å². The highest BCUT2D eigenvalue weighted by atomic mass is 19.1. The van der Waals surface area contributed by atoms with Crippen LogP contribution in [0.3, 0.4) is 0 Å². The van der Waals surface area contributed by atoms with E-state index >= 15 is 0 Å². The SMILES string of the molecule is CC[C@@](C)(CC(=O)O)NC(=O)[C@H]1CC(c2cccc(F)c2)=NO1. The van der Waals surface area contributed by atoms with Crippen LogP contribution in [0, 0.1) is 5.82 Å². The molecule has 1 heterocycles. The third-order valence-electron chi connectivity index (χ3n) is 3.87. The number of hydrogen-bond donors (Lipinski definition) is 2. The topological polar surface area (TPSA) is 88.0 Å². The van der Waals surface area contributed by atoms with Crippen molar-refractivity contribution in [2.75, 3.05) is 0 Å². The Balaban J connectivity index is 2.00. The molecule has 1 aliphatic rings. The van der Waals surface area contributed by atoms with Gasteiger partial charge >= 0.3 is 5.97 Å². The zero-order valence-electron chi connectivity index (χ0n) is 13.0. The van der Waals surface area contributed by atoms with Crippen molar-refractivity contribution in [1.29, 1.82) is 0 Å². The van der Waals surface area contributed by atoms with Crippen molar-refractivity contribution in [3.63, 3.8) is 0 Å². The van der Waals surface area contributed by atoms with Gasteiger partial charge in [0.15, 0.2) is 0 Å². The number of carboxylic acid groups (broad SMARTS) is 1. The predicted molar refractivity (Wildman–Crippen MR) is 81.5 cm³/mol. The Bertz CT molecular complexity index is 647. The van der Waals surface area contributed by atoms with Crippen LogP contribution in [0.2, 0.25) is 0 Å². The van der Waals surface area contributed by atoms with Crippen molar-refractivity contribution in [1.82, 2.24) is 5.32 Å². The molecule has 1 aromatic rings. The van der Waals surface area contributed by atoms with Crippen LogP contribution in [0.1, 0.15) is 38.7 Å². The lowest BCUT2D eigenvalue weighted by atomic mass is 9.93. The summed E-state index contributed by atoms with van der Waals surface area (Å²) in [6.45, 7) is 3.47. The van der Waals surface area contributed by atoms with Crippen LogP contribution >= 0.6 is 0 Å². The molecule has 6 nitrogen and oxygen atoms in total. The molecule has 1 aromatic carbocycles. The molecule has 0 saturated heterocycles. The van der Waals surface area contributed by atoms with Gasteiger partial charge in [0, 0.05) is 17.5 Å². The molecule has 124 valence electrons. The lowest BCUT2D eigenvalue weighted by Gasteiger charge is -2.28. The van der Waals surface area contributed by atoms with Gasteiger partial charge in [-0.2, -0.15) is 0 Å². The second-order valence-electron chi connectivity index (χ2n) is 5.82. The Kier molecular flexibility index (Phi) is 4.98. The van der Waals surface area contributed by atoms with Crippen molar-refractivity contribution < 1.29 is 23.9 Å². The molecule has 2 atom stereocenters. The van der Waals surface area contributed by atoms with E-state index in [0.29, 0.717) is 17.7 Å². The first-order chi connectivity index (χ1) is 10.8. The van der Waals surface area contributed by atoms with Crippen LogP contribution in [0.5, 0.6) is 0 Å². The number of carbonyl (C=O) groups is 2. The van der Waals surface area contributed by atoms with E-state index in [1.807, 2.05) is 0 Å². The second kappa shape index (κ2) is 6.76. The van der Waals surface area contributed by atoms with Crippen LogP contribution in [-0.2, 0) is 14.4 Å². The minimum absolute atomic E-state index is 0.181. The molecule has 0 saturated carbocycles. The quantitative estimate of drug-likeness (QED) is 0.839. The molecule has 1 aliphatic heterocycles. The summed E-state index contributed by atoms with van der Waals surface area (Å²) >= 11 is 0. The Morgan fingerprint density at radius 2 is 2.26 bits per heavy atom. The summed E-state index contributed by atoms with van der Waals surface area (Å²) in [6, 6.07) is 5.89. The number of aliphatic carboxylic acids is 1. The number of rotatable bonds is 6. The molecule has 0 unspecified atom stereocenters. The second-order valence-corrected chi connectivity index (χ2v) is 5.82. The summed E-state index contributed by atoms with van der Waals surface area (Å²) in [7, 11) is 0. The summed E-state index contributed by atoms with van der Waals surface area (Å²) in [6.07, 6.45) is -0.343. The van der Waals surface area contributed by atoms with Crippen molar-refractivity contribution in [3.05, 3.63) is 35.6 Å². The molecule has 0 aliphatic carbocycles. The van der Waals surface area contributed by atoms with Gasteiger partial charge in [0.05, 0.1) is 12.1 Å². The fourth-order valence-electron chi connectivity index (χ4n) is 2.33. The molecular weight excluding hydrogens is 303 g/mol. The normalized spacial score (nSPS) is 19.4. The van der Waals surface area contributed by atoms with Crippen LogP contribution < -0.4 is 5.32 Å². The number of nitrogens with one attached hydrogen (secondary N) is 1. The van der Waals surface area contributed by atoms with E-state index in [9.17, 15) is 14.0 Å². The van der Waals surface area contributed by atoms with Gasteiger partial charge in [0.2, 0.25) is 6.10 Å². The Morgan fingerprint density at radius 1 is 1.52 bits per heavy atom. The zero-order valence-corrected chi connectivity index (χ0v) is 13.0. The Hall–Kier alpha value is -2.44. The number of oxime groups is 1. The summed E-state index contributed by atoms with van der Waals surface area (Å²) in [5.41, 5.74) is 0.193. The van der Waals surface area contributed by atoms with Gasteiger partial charge in [-0.1, -0.05) is 24.2 Å². The number of nitrogens with zero attached hydrogens (tertiary/aromatic N) is 1. The number of halogens is 1. The third kappa shape index (κ3) is 4.28. The largest absolute Gasteiger partial charge is 0.481 e. The van der Waals surface area contributed by atoms with Gasteiger partial charge in [-0.25, -0.2) is 4.39 Å². The van der Waals surface area contributed by atoms with Crippen LogP contribution in [0.15, 0.2) is 29.4 Å². The van der Waals surface area contributed by atoms with Gasteiger partial charge in [-0.3, -0.25) is 9.59 Å². The van der Waals surface area contributed by atoms with Gasteiger partial charge in [0.25, 0.3) is 5.91 Å². The van der Waals surface area contributed by atoms with Gasteiger partial charge in [-0.05, 0) is 25.5 Å². The lowest BCUT2D eigenvalue weighted by Crippen LogP contribution is -2.50. The highest BCUT2D eigenvalue weighted by Gasteiger charge is 2.34. The predicted octanol–water partition coefficient (Wildman–Crippen LogP) is 2.08. The molecule has 0 aromatic heterocycles. The summed E-state index contributed by atoms with van der Waals surface area (Å²) in [5.74, 6) is -1.80. The van der Waals surface area contributed by atoms with Crippen LogP contribution in [0.25, 0.3) is 0 Å². The van der Waals surface area contributed by atoms with Crippen molar-refractivity contribution in [2.45, 2.75) is 44.8 Å². The number of amides is 1. The van der Waals surface area contributed by atoms with Crippen LogP contribution in [0.4, 0.5) is 4.39 Å². The average molecular weight is 322 g/mol. The van der Waals surface area contributed by atoms with Gasteiger partial charge in [0.1, 0.15) is 5.82 Å². The van der Waals surface area contributed by atoms with E-state index in [1.54, 1.807) is 26.0 Å². The molecule has 7 heteroatoms. The number of hydrogen-bond acceptors (Lipinski definition) is 4. The molecule has 2 N–H and O–H groups in total. The van der Waals surface area contributed by atoms with E-state index in [4.69, 9.17) is 9.94 Å². The fraction of sp³-hybridized carbons (Fsp3) is 0.438. The summed E-state index contributed by atoms with van der Waals surface area (Å²) in [5, 5.41) is 15.5. The molecule has 1 amide bonds. The molecule has 0 radical (unpaired) electrons. The lowest BCUT2D eigenvalue weighted by molar-refractivity contribution is -0.140. The first-order valence-electron chi connectivity index (χ1n) is 7.35. The smallest absolute Gasteiger partial charge is 0.305 e. The Labute approximate surface area is 133 Å². The number of benzene rings is 1. The zero-order chi connectivity index (χ0) is 17.0. The minimum atomic E-state index is -0.987. The standard InChI is InChI=1S/C16H19FN2O4/c1-3-16(2,9-14(20)21)18-15(22)13-8-12(19-23-13)10-5-4-6-11(17)7-10/h4-7,13H,3,8-9H2,1-2H3,(H,18,22)(H,20,21)/t13-,16+/m1/s1. The van der Waals surface area contributed by atoms with Crippen molar-refractivity contribution in [3.8, 4) is 0 Å². The minimum Gasteiger partial charge on any atom is -0.481 e. The molecule has 0 bridgehead atoms. The highest BCUT2D eigenvalue weighted by Crippen LogP contribution is 2.20. The summed E-state index contributed by atoms with van der Waals surface area (Å²) < 4.78 is 13.2. The molecule has 2 rings (SSSR count).